The van der Waals surface area contributed by atoms with Crippen molar-refractivity contribution in [3.8, 4) is 0 Å². The fourth-order valence-corrected chi connectivity index (χ4v) is 1.47. The van der Waals surface area contributed by atoms with Crippen molar-refractivity contribution in [2.75, 3.05) is 0 Å². The van der Waals surface area contributed by atoms with Crippen molar-refractivity contribution in [1.82, 2.24) is 0 Å². The summed E-state index contributed by atoms with van der Waals surface area (Å²) in [5.41, 5.74) is 0. The lowest BCUT2D eigenvalue weighted by Crippen LogP contribution is -1.98. The summed E-state index contributed by atoms with van der Waals surface area (Å²) in [6, 6.07) is 0. The van der Waals surface area contributed by atoms with Gasteiger partial charge in [-0.25, -0.2) is 0 Å². The molecule has 0 heterocycles. The Balaban J connectivity index is 1.98. The van der Waals surface area contributed by atoms with Crippen LogP contribution in [0.2, 0.25) is 0 Å². The van der Waals surface area contributed by atoms with E-state index in [4.69, 9.17) is 0 Å². The van der Waals surface area contributed by atoms with Crippen molar-refractivity contribution in [3.05, 3.63) is 24.3 Å². The van der Waals surface area contributed by atoms with E-state index in [1.807, 2.05) is 0 Å². The average molecular weight is 120 g/mol. The third kappa shape index (κ3) is 1.07. The number of hydrogen-bond acceptors (Lipinski definition) is 0. The van der Waals surface area contributed by atoms with Gasteiger partial charge in [-0.1, -0.05) is 24.3 Å². The van der Waals surface area contributed by atoms with Crippen LogP contribution < -0.4 is 0 Å². The van der Waals surface area contributed by atoms with Gasteiger partial charge in [-0.2, -0.15) is 0 Å². The summed E-state index contributed by atoms with van der Waals surface area (Å²) in [4.78, 5) is 0. The van der Waals surface area contributed by atoms with E-state index in [2.05, 4.69) is 24.3 Å². The van der Waals surface area contributed by atoms with Crippen molar-refractivity contribution < 1.29 is 0 Å². The highest BCUT2D eigenvalue weighted by Gasteiger charge is 2.28. The van der Waals surface area contributed by atoms with Crippen LogP contribution in [-0.2, 0) is 0 Å². The monoisotopic (exact) mass is 120 g/mol. The summed E-state index contributed by atoms with van der Waals surface area (Å²) < 4.78 is 0. The van der Waals surface area contributed by atoms with Gasteiger partial charge < -0.3 is 0 Å². The average Bonchev–Trinajstić information content (AvgIpc) is 2.71. The molecule has 9 heavy (non-hydrogen) atoms. The van der Waals surface area contributed by atoms with Crippen LogP contribution in [0.1, 0.15) is 19.3 Å². The molecule has 2 aliphatic rings. The van der Waals surface area contributed by atoms with E-state index in [9.17, 15) is 0 Å². The van der Waals surface area contributed by atoms with Crippen molar-refractivity contribution in [2.45, 2.75) is 19.3 Å². The van der Waals surface area contributed by atoms with Gasteiger partial charge in [0.15, 0.2) is 0 Å². The zero-order valence-electron chi connectivity index (χ0n) is 5.59. The molecule has 0 aromatic rings. The Kier molecular flexibility index (Phi) is 1.18. The molecule has 0 spiro atoms. The second-order valence-electron chi connectivity index (χ2n) is 3.05. The minimum Gasteiger partial charge on any atom is -0.0840 e. The van der Waals surface area contributed by atoms with Crippen LogP contribution in [0.15, 0.2) is 24.3 Å². The van der Waals surface area contributed by atoms with Crippen LogP contribution in [0.25, 0.3) is 0 Å². The summed E-state index contributed by atoms with van der Waals surface area (Å²) in [7, 11) is 0. The Morgan fingerprint density at radius 1 is 1.11 bits per heavy atom. The van der Waals surface area contributed by atoms with Gasteiger partial charge >= 0.3 is 0 Å². The fraction of sp³-hybridized carbons (Fsp3) is 0.556. The predicted molar refractivity (Wildman–Crippen MR) is 39.1 cm³/mol. The van der Waals surface area contributed by atoms with E-state index < -0.39 is 0 Å². The summed E-state index contributed by atoms with van der Waals surface area (Å²) in [5, 5.41) is 0. The van der Waals surface area contributed by atoms with Gasteiger partial charge in [0, 0.05) is 0 Å². The van der Waals surface area contributed by atoms with E-state index in [1.165, 1.54) is 19.3 Å². The molecule has 2 rings (SSSR count). The molecule has 0 aromatic heterocycles. The van der Waals surface area contributed by atoms with Gasteiger partial charge in [0.25, 0.3) is 0 Å². The van der Waals surface area contributed by atoms with Crippen LogP contribution in [-0.4, -0.2) is 0 Å². The standard InChI is InChI=1S/C9H12/c1-2-4-8(5-3-1)9-6-7-9/h1-4,8-9H,5-7H2. The second-order valence-corrected chi connectivity index (χ2v) is 3.05. The highest BCUT2D eigenvalue weighted by atomic mass is 14.3. The minimum absolute atomic E-state index is 0.898. The molecule has 48 valence electrons. The van der Waals surface area contributed by atoms with E-state index in [0.717, 1.165) is 11.8 Å². The maximum atomic E-state index is 2.36. The summed E-state index contributed by atoms with van der Waals surface area (Å²) >= 11 is 0. The van der Waals surface area contributed by atoms with Gasteiger partial charge in [0.1, 0.15) is 0 Å². The molecule has 1 atom stereocenters. The molecule has 0 aromatic carbocycles. The Morgan fingerprint density at radius 2 is 2.00 bits per heavy atom. The van der Waals surface area contributed by atoms with Crippen LogP contribution in [0.5, 0.6) is 0 Å². The second kappa shape index (κ2) is 2.02. The van der Waals surface area contributed by atoms with E-state index in [1.54, 1.807) is 0 Å². The molecule has 0 radical (unpaired) electrons. The van der Waals surface area contributed by atoms with Gasteiger partial charge in [0.05, 0.1) is 0 Å². The SMILES string of the molecule is C1=CCC(C2CC2)C=C1. The largest absolute Gasteiger partial charge is 0.0840 e. The van der Waals surface area contributed by atoms with Crippen LogP contribution in [0.4, 0.5) is 0 Å². The van der Waals surface area contributed by atoms with Crippen molar-refractivity contribution in [3.63, 3.8) is 0 Å². The molecular formula is C9H12. The summed E-state index contributed by atoms with van der Waals surface area (Å²) in [6.45, 7) is 0. The molecule has 1 saturated carbocycles. The molecule has 0 bridgehead atoms. The zero-order valence-corrected chi connectivity index (χ0v) is 5.59. The fourth-order valence-electron chi connectivity index (χ4n) is 1.47. The molecule has 0 N–H and O–H groups in total. The lowest BCUT2D eigenvalue weighted by molar-refractivity contribution is 0.573. The van der Waals surface area contributed by atoms with Gasteiger partial charge in [-0.3, -0.25) is 0 Å². The van der Waals surface area contributed by atoms with Gasteiger partial charge in [-0.15, -0.1) is 0 Å². The molecule has 1 unspecified atom stereocenters. The minimum atomic E-state index is 0.898. The smallest absolute Gasteiger partial charge is 0.0167 e. The number of allylic oxidation sites excluding steroid dienone is 4. The zero-order chi connectivity index (χ0) is 6.10. The first-order chi connectivity index (χ1) is 4.47. The van der Waals surface area contributed by atoms with Crippen molar-refractivity contribution >= 4 is 0 Å². The first-order valence-electron chi connectivity index (χ1n) is 3.80. The highest BCUT2D eigenvalue weighted by molar-refractivity contribution is 5.13. The molecular weight excluding hydrogens is 108 g/mol. The normalized spacial score (nSPS) is 33.1. The Labute approximate surface area is 56.3 Å². The number of hydrogen-bond donors (Lipinski definition) is 0. The van der Waals surface area contributed by atoms with Crippen molar-refractivity contribution in [2.24, 2.45) is 11.8 Å². The van der Waals surface area contributed by atoms with Gasteiger partial charge in [-0.05, 0) is 31.1 Å². The first kappa shape index (κ1) is 5.28. The molecule has 0 nitrogen and oxygen atoms in total. The summed E-state index contributed by atoms with van der Waals surface area (Å²) in [5.74, 6) is 1.95. The molecule has 0 aliphatic heterocycles. The Morgan fingerprint density at radius 3 is 2.56 bits per heavy atom. The van der Waals surface area contributed by atoms with E-state index >= 15 is 0 Å². The third-order valence-electron chi connectivity index (χ3n) is 2.24. The molecule has 0 saturated heterocycles. The number of rotatable bonds is 1. The molecule has 0 heteroatoms. The summed E-state index contributed by atoms with van der Waals surface area (Å²) in [6.07, 6.45) is 13.2. The maximum Gasteiger partial charge on any atom is -0.0167 e. The molecule has 0 amide bonds. The van der Waals surface area contributed by atoms with Gasteiger partial charge in [0.2, 0.25) is 0 Å². The molecule has 2 aliphatic carbocycles. The van der Waals surface area contributed by atoms with E-state index in [-0.39, 0.29) is 0 Å². The van der Waals surface area contributed by atoms with E-state index in [0.29, 0.717) is 0 Å². The molecule has 1 fully saturated rings. The van der Waals surface area contributed by atoms with Crippen LogP contribution >= 0.6 is 0 Å². The predicted octanol–water partition coefficient (Wildman–Crippen LogP) is 2.53. The lowest BCUT2D eigenvalue weighted by atomic mass is 9.96. The Hall–Kier alpha value is -0.520. The van der Waals surface area contributed by atoms with Crippen molar-refractivity contribution in [1.29, 1.82) is 0 Å². The maximum absolute atomic E-state index is 2.36. The Bertz CT molecular complexity index is 149. The lowest BCUT2D eigenvalue weighted by Gasteiger charge is -2.09. The third-order valence-corrected chi connectivity index (χ3v) is 2.24. The first-order valence-corrected chi connectivity index (χ1v) is 3.80. The topological polar surface area (TPSA) is 0 Å². The highest BCUT2D eigenvalue weighted by Crippen LogP contribution is 2.40. The van der Waals surface area contributed by atoms with Crippen LogP contribution in [0, 0.1) is 11.8 Å². The quantitative estimate of drug-likeness (QED) is 0.499. The van der Waals surface area contributed by atoms with Crippen LogP contribution in [0.3, 0.4) is 0 Å².